The molecule has 0 fully saturated rings. The van der Waals surface area contributed by atoms with Crippen molar-refractivity contribution < 1.29 is 23.7 Å². The van der Waals surface area contributed by atoms with Crippen LogP contribution in [0.5, 0.6) is 23.0 Å². The highest BCUT2D eigenvalue weighted by Crippen LogP contribution is 2.37. The molecule has 0 radical (unpaired) electrons. The summed E-state index contributed by atoms with van der Waals surface area (Å²) in [6.07, 6.45) is 1.55. The highest BCUT2D eigenvalue weighted by Gasteiger charge is 2.14. The fraction of sp³-hybridized carbons (Fsp3) is 0.118. The molecule has 5 aromatic carbocycles. The molecule has 0 aliphatic rings. The average molecular weight is 626 g/mol. The summed E-state index contributed by atoms with van der Waals surface area (Å²) in [6.45, 7) is 0.721. The molecule has 8 heteroatoms. The van der Waals surface area contributed by atoms with Crippen molar-refractivity contribution in [2.75, 3.05) is 14.2 Å². The van der Waals surface area contributed by atoms with Gasteiger partial charge in [0.05, 0.1) is 24.9 Å². The lowest BCUT2D eigenvalue weighted by atomic mass is 10.0. The number of carbonyl (C=O) groups excluding carboxylic acids is 1. The van der Waals surface area contributed by atoms with Crippen LogP contribution in [0.1, 0.15) is 27.0 Å². The molecule has 5 rings (SSSR count). The zero-order valence-corrected chi connectivity index (χ0v) is 24.8. The van der Waals surface area contributed by atoms with Gasteiger partial charge in [-0.05, 0) is 73.7 Å². The first-order valence-electron chi connectivity index (χ1n) is 13.2. The van der Waals surface area contributed by atoms with Crippen LogP contribution < -0.4 is 24.4 Å². The number of benzene rings is 5. The smallest absolute Gasteiger partial charge is 0.271 e. The van der Waals surface area contributed by atoms with Crippen molar-refractivity contribution in [1.82, 2.24) is 5.43 Å². The molecule has 0 spiro atoms. The van der Waals surface area contributed by atoms with Crippen LogP contribution in [0, 0.1) is 0 Å². The SMILES string of the molecule is COc1cc(COc2c(Br)cc(/C=N/NC(=O)c3cccc4ccccc34)cc2OC)ccc1OCc1ccccc1. The minimum atomic E-state index is -0.291. The minimum Gasteiger partial charge on any atom is -0.493 e. The third-order valence-corrected chi connectivity index (χ3v) is 7.10. The van der Waals surface area contributed by atoms with Gasteiger partial charge in [-0.25, -0.2) is 5.43 Å². The molecule has 1 amide bonds. The normalized spacial score (nSPS) is 10.9. The maximum atomic E-state index is 12.8. The number of hydrogen-bond donors (Lipinski definition) is 1. The van der Waals surface area contributed by atoms with Crippen molar-refractivity contribution in [2.24, 2.45) is 5.10 Å². The van der Waals surface area contributed by atoms with Crippen molar-refractivity contribution in [3.8, 4) is 23.0 Å². The second kappa shape index (κ2) is 13.7. The molecule has 0 atom stereocenters. The number of nitrogens with one attached hydrogen (secondary N) is 1. The number of amides is 1. The van der Waals surface area contributed by atoms with Gasteiger partial charge in [0.2, 0.25) is 0 Å². The van der Waals surface area contributed by atoms with Crippen LogP contribution >= 0.6 is 15.9 Å². The average Bonchev–Trinajstić information content (AvgIpc) is 3.03. The van der Waals surface area contributed by atoms with Gasteiger partial charge in [-0.3, -0.25) is 4.79 Å². The van der Waals surface area contributed by atoms with E-state index in [4.69, 9.17) is 18.9 Å². The van der Waals surface area contributed by atoms with Crippen molar-refractivity contribution in [1.29, 1.82) is 0 Å². The lowest BCUT2D eigenvalue weighted by Crippen LogP contribution is -2.17. The lowest BCUT2D eigenvalue weighted by molar-refractivity contribution is 0.0957. The highest BCUT2D eigenvalue weighted by atomic mass is 79.9. The Morgan fingerprint density at radius 1 is 0.762 bits per heavy atom. The number of fused-ring (bicyclic) bond motifs is 1. The number of carbonyl (C=O) groups is 1. The van der Waals surface area contributed by atoms with E-state index in [0.717, 1.165) is 21.9 Å². The summed E-state index contributed by atoms with van der Waals surface area (Å²) in [5, 5.41) is 6.01. The maximum absolute atomic E-state index is 12.8. The first kappa shape index (κ1) is 28.7. The second-order valence-electron chi connectivity index (χ2n) is 9.31. The van der Waals surface area contributed by atoms with Gasteiger partial charge < -0.3 is 18.9 Å². The first-order chi connectivity index (χ1) is 20.6. The molecule has 0 aliphatic carbocycles. The van der Waals surface area contributed by atoms with E-state index in [0.29, 0.717) is 45.2 Å². The largest absolute Gasteiger partial charge is 0.493 e. The number of rotatable bonds is 11. The molecular formula is C34H29BrN2O5. The lowest BCUT2D eigenvalue weighted by Gasteiger charge is -2.15. The third kappa shape index (κ3) is 6.90. The number of nitrogens with zero attached hydrogens (tertiary/aromatic N) is 1. The number of hydrogen-bond acceptors (Lipinski definition) is 6. The van der Waals surface area contributed by atoms with Crippen LogP contribution in [0.4, 0.5) is 0 Å². The minimum absolute atomic E-state index is 0.277. The Balaban J connectivity index is 1.23. The summed E-state index contributed by atoms with van der Waals surface area (Å²) in [6, 6.07) is 32.6. The Bertz CT molecular complexity index is 1720. The van der Waals surface area contributed by atoms with E-state index in [1.165, 1.54) is 0 Å². The van der Waals surface area contributed by atoms with Crippen LogP contribution in [0.2, 0.25) is 0 Å². The molecule has 0 saturated heterocycles. The van der Waals surface area contributed by atoms with Gasteiger partial charge in [0.25, 0.3) is 5.91 Å². The summed E-state index contributed by atoms with van der Waals surface area (Å²) < 4.78 is 23.9. The Kier molecular flexibility index (Phi) is 9.36. The van der Waals surface area contributed by atoms with E-state index in [9.17, 15) is 4.79 Å². The van der Waals surface area contributed by atoms with E-state index >= 15 is 0 Å². The van der Waals surface area contributed by atoms with Gasteiger partial charge >= 0.3 is 0 Å². The fourth-order valence-electron chi connectivity index (χ4n) is 4.42. The Morgan fingerprint density at radius 3 is 2.31 bits per heavy atom. The van der Waals surface area contributed by atoms with Crippen LogP contribution in [0.25, 0.3) is 10.8 Å². The molecule has 1 N–H and O–H groups in total. The Hall–Kier alpha value is -4.82. The van der Waals surface area contributed by atoms with Crippen LogP contribution in [0.3, 0.4) is 0 Å². The van der Waals surface area contributed by atoms with Crippen molar-refractivity contribution >= 4 is 38.8 Å². The van der Waals surface area contributed by atoms with E-state index < -0.39 is 0 Å². The van der Waals surface area contributed by atoms with Crippen molar-refractivity contribution in [3.05, 3.63) is 130 Å². The molecule has 0 saturated carbocycles. The molecule has 42 heavy (non-hydrogen) atoms. The number of hydrazone groups is 1. The predicted octanol–water partition coefficient (Wildman–Crippen LogP) is 7.54. The molecule has 5 aromatic rings. The van der Waals surface area contributed by atoms with Crippen molar-refractivity contribution in [3.63, 3.8) is 0 Å². The summed E-state index contributed by atoms with van der Waals surface area (Å²) >= 11 is 3.58. The molecule has 212 valence electrons. The monoisotopic (exact) mass is 624 g/mol. The zero-order valence-electron chi connectivity index (χ0n) is 23.2. The summed E-state index contributed by atoms with van der Waals surface area (Å²) in [5.74, 6) is 2.04. The van der Waals surface area contributed by atoms with E-state index in [1.807, 2.05) is 91.0 Å². The first-order valence-corrected chi connectivity index (χ1v) is 14.0. The van der Waals surface area contributed by atoms with Gasteiger partial charge in [-0.2, -0.15) is 5.10 Å². The number of halogens is 1. The van der Waals surface area contributed by atoms with Gasteiger partial charge in [0, 0.05) is 5.56 Å². The van der Waals surface area contributed by atoms with Crippen LogP contribution in [-0.2, 0) is 13.2 Å². The Morgan fingerprint density at radius 2 is 1.50 bits per heavy atom. The van der Waals surface area contributed by atoms with Gasteiger partial charge in [-0.15, -0.1) is 0 Å². The summed E-state index contributed by atoms with van der Waals surface area (Å²) in [5.41, 5.74) is 5.85. The van der Waals surface area contributed by atoms with E-state index in [2.05, 4.69) is 26.5 Å². The quantitative estimate of drug-likeness (QED) is 0.121. The fourth-order valence-corrected chi connectivity index (χ4v) is 4.99. The topological polar surface area (TPSA) is 78.4 Å². The standard InChI is InChI=1S/C34H29BrN2O5/c1-39-31-18-24(15-16-30(31)41-21-23-9-4-3-5-10-23)22-42-33-29(35)17-25(19-32(33)40-2)20-36-37-34(38)28-14-8-12-26-11-6-7-13-27(26)28/h3-20H,21-22H2,1-2H3,(H,37,38)/b36-20+. The highest BCUT2D eigenvalue weighted by molar-refractivity contribution is 9.10. The van der Waals surface area contributed by atoms with Crippen LogP contribution in [0.15, 0.2) is 113 Å². The van der Waals surface area contributed by atoms with Crippen molar-refractivity contribution in [2.45, 2.75) is 13.2 Å². The van der Waals surface area contributed by atoms with E-state index in [-0.39, 0.29) is 12.5 Å². The van der Waals surface area contributed by atoms with Gasteiger partial charge in [0.1, 0.15) is 13.2 Å². The number of methoxy groups -OCH3 is 2. The molecule has 7 nitrogen and oxygen atoms in total. The second-order valence-corrected chi connectivity index (χ2v) is 10.2. The molecule has 0 unspecified atom stereocenters. The maximum Gasteiger partial charge on any atom is 0.271 e. The Labute approximate surface area is 252 Å². The molecule has 0 aliphatic heterocycles. The van der Waals surface area contributed by atoms with E-state index in [1.54, 1.807) is 32.6 Å². The molecule has 0 aromatic heterocycles. The summed E-state index contributed by atoms with van der Waals surface area (Å²) in [7, 11) is 3.18. The zero-order chi connectivity index (χ0) is 29.3. The molecule has 0 heterocycles. The van der Waals surface area contributed by atoms with Gasteiger partial charge in [0.15, 0.2) is 23.0 Å². The number of ether oxygens (including phenoxy) is 4. The van der Waals surface area contributed by atoms with Crippen LogP contribution in [-0.4, -0.2) is 26.3 Å². The van der Waals surface area contributed by atoms with Gasteiger partial charge in [-0.1, -0.05) is 72.8 Å². The molecule has 0 bridgehead atoms. The molecular weight excluding hydrogens is 596 g/mol. The predicted molar refractivity (Wildman–Crippen MR) is 168 cm³/mol. The third-order valence-electron chi connectivity index (χ3n) is 6.51. The summed E-state index contributed by atoms with van der Waals surface area (Å²) in [4.78, 5) is 12.8.